The molecule has 0 bridgehead atoms. The van der Waals surface area contributed by atoms with Gasteiger partial charge < -0.3 is 15.2 Å². The second-order valence-corrected chi connectivity index (χ2v) is 4.12. The minimum absolute atomic E-state index is 0.253. The van der Waals surface area contributed by atoms with Gasteiger partial charge in [0.25, 0.3) is 0 Å². The molecule has 0 aromatic rings. The van der Waals surface area contributed by atoms with Gasteiger partial charge in [-0.05, 0) is 26.2 Å². The molecule has 0 heterocycles. The minimum atomic E-state index is -1.12. The first kappa shape index (κ1) is 14.9. The summed E-state index contributed by atoms with van der Waals surface area (Å²) < 4.78 is 4.85. The predicted molar refractivity (Wildman–Crippen MR) is 59.7 cm³/mol. The topological polar surface area (TPSA) is 75.6 Å². The number of amides is 1. The number of hydrogen-bond acceptors (Lipinski definition) is 4. The van der Waals surface area contributed by atoms with Gasteiger partial charge in [0, 0.05) is 0 Å². The van der Waals surface area contributed by atoms with Gasteiger partial charge in [0.15, 0.2) is 0 Å². The molecule has 0 radical (unpaired) electrons. The molecular weight excluding hydrogens is 210 g/mol. The van der Waals surface area contributed by atoms with Gasteiger partial charge in [0.05, 0.1) is 6.61 Å². The van der Waals surface area contributed by atoms with Crippen LogP contribution < -0.4 is 5.32 Å². The molecule has 0 fully saturated rings. The van der Waals surface area contributed by atoms with Crippen molar-refractivity contribution in [3.05, 3.63) is 0 Å². The van der Waals surface area contributed by atoms with Crippen LogP contribution in [0.5, 0.6) is 0 Å². The first-order valence-corrected chi connectivity index (χ1v) is 5.53. The molecule has 0 rings (SSSR count). The van der Waals surface area contributed by atoms with Crippen LogP contribution in [0.1, 0.15) is 34.1 Å². The van der Waals surface area contributed by atoms with Gasteiger partial charge in [-0.2, -0.15) is 0 Å². The Balaban J connectivity index is 4.42. The molecule has 0 aliphatic carbocycles. The van der Waals surface area contributed by atoms with Crippen LogP contribution in [-0.4, -0.2) is 35.7 Å². The summed E-state index contributed by atoms with van der Waals surface area (Å²) in [7, 11) is 0. The van der Waals surface area contributed by atoms with Crippen molar-refractivity contribution in [2.24, 2.45) is 5.92 Å². The molecule has 0 aromatic heterocycles. The summed E-state index contributed by atoms with van der Waals surface area (Å²) in [6.07, 6.45) is -0.624. The fourth-order valence-electron chi connectivity index (χ4n) is 1.22. The lowest BCUT2D eigenvalue weighted by molar-refractivity contribution is -0.148. The SMILES string of the molecule is CCOC(=O)[C@H](CC(C)C)NC(=O)[C@H](C)O. The number of nitrogens with one attached hydrogen (secondary N) is 1. The highest BCUT2D eigenvalue weighted by molar-refractivity contribution is 5.86. The minimum Gasteiger partial charge on any atom is -0.464 e. The van der Waals surface area contributed by atoms with Gasteiger partial charge in [-0.25, -0.2) is 4.79 Å². The highest BCUT2D eigenvalue weighted by Gasteiger charge is 2.24. The smallest absolute Gasteiger partial charge is 0.328 e. The van der Waals surface area contributed by atoms with Crippen molar-refractivity contribution in [3.8, 4) is 0 Å². The fourth-order valence-corrected chi connectivity index (χ4v) is 1.22. The largest absolute Gasteiger partial charge is 0.464 e. The van der Waals surface area contributed by atoms with Gasteiger partial charge in [0.1, 0.15) is 12.1 Å². The standard InChI is InChI=1S/C11H21NO4/c1-5-16-11(15)9(6-7(2)3)12-10(14)8(4)13/h7-9,13H,5-6H2,1-4H3,(H,12,14)/t8-,9-/m0/s1. The molecule has 16 heavy (non-hydrogen) atoms. The van der Waals surface area contributed by atoms with Crippen molar-refractivity contribution in [1.29, 1.82) is 0 Å². The van der Waals surface area contributed by atoms with Crippen LogP contribution in [0.25, 0.3) is 0 Å². The van der Waals surface area contributed by atoms with Gasteiger partial charge >= 0.3 is 5.97 Å². The lowest BCUT2D eigenvalue weighted by Crippen LogP contribution is -2.46. The van der Waals surface area contributed by atoms with E-state index >= 15 is 0 Å². The summed E-state index contributed by atoms with van der Waals surface area (Å²) in [5, 5.41) is 11.5. The van der Waals surface area contributed by atoms with E-state index in [0.29, 0.717) is 6.42 Å². The Morgan fingerprint density at radius 1 is 1.31 bits per heavy atom. The molecule has 5 nitrogen and oxygen atoms in total. The van der Waals surface area contributed by atoms with E-state index in [1.807, 2.05) is 13.8 Å². The van der Waals surface area contributed by atoms with Gasteiger partial charge in [-0.3, -0.25) is 4.79 Å². The number of carbonyl (C=O) groups excluding carboxylic acids is 2. The van der Waals surface area contributed by atoms with E-state index in [1.165, 1.54) is 6.92 Å². The van der Waals surface area contributed by atoms with E-state index in [-0.39, 0.29) is 12.5 Å². The van der Waals surface area contributed by atoms with E-state index in [9.17, 15) is 9.59 Å². The van der Waals surface area contributed by atoms with Crippen molar-refractivity contribution < 1.29 is 19.4 Å². The Labute approximate surface area is 96.2 Å². The normalized spacial score (nSPS) is 14.4. The first-order valence-electron chi connectivity index (χ1n) is 5.53. The van der Waals surface area contributed by atoms with E-state index < -0.39 is 24.0 Å². The number of hydrogen-bond donors (Lipinski definition) is 2. The van der Waals surface area contributed by atoms with Crippen molar-refractivity contribution >= 4 is 11.9 Å². The van der Waals surface area contributed by atoms with Crippen molar-refractivity contribution in [1.82, 2.24) is 5.32 Å². The second kappa shape index (κ2) is 7.22. The summed E-state index contributed by atoms with van der Waals surface area (Å²) in [4.78, 5) is 22.8. The molecule has 0 aromatic carbocycles. The Kier molecular flexibility index (Phi) is 6.72. The van der Waals surface area contributed by atoms with Gasteiger partial charge in [0.2, 0.25) is 5.91 Å². The Morgan fingerprint density at radius 2 is 1.88 bits per heavy atom. The Bertz CT molecular complexity index is 238. The van der Waals surface area contributed by atoms with Crippen LogP contribution >= 0.6 is 0 Å². The average molecular weight is 231 g/mol. The van der Waals surface area contributed by atoms with E-state index in [1.54, 1.807) is 6.92 Å². The third-order valence-corrected chi connectivity index (χ3v) is 1.97. The average Bonchev–Trinajstić information content (AvgIpc) is 2.16. The monoisotopic (exact) mass is 231 g/mol. The van der Waals surface area contributed by atoms with Crippen molar-refractivity contribution in [2.75, 3.05) is 6.61 Å². The number of rotatable bonds is 6. The maximum absolute atomic E-state index is 11.5. The number of aliphatic hydroxyl groups is 1. The Morgan fingerprint density at radius 3 is 2.25 bits per heavy atom. The molecule has 0 saturated carbocycles. The second-order valence-electron chi connectivity index (χ2n) is 4.12. The zero-order chi connectivity index (χ0) is 12.7. The molecule has 2 atom stereocenters. The van der Waals surface area contributed by atoms with Crippen molar-refractivity contribution in [2.45, 2.75) is 46.3 Å². The summed E-state index contributed by atoms with van der Waals surface area (Å²) in [5.41, 5.74) is 0. The number of carbonyl (C=O) groups is 2. The molecule has 1 amide bonds. The molecule has 0 spiro atoms. The molecule has 2 N–H and O–H groups in total. The molecule has 5 heteroatoms. The highest BCUT2D eigenvalue weighted by atomic mass is 16.5. The van der Waals surface area contributed by atoms with Gasteiger partial charge in [-0.1, -0.05) is 13.8 Å². The lowest BCUT2D eigenvalue weighted by atomic mass is 10.0. The number of ether oxygens (including phenoxy) is 1. The zero-order valence-electron chi connectivity index (χ0n) is 10.3. The van der Waals surface area contributed by atoms with E-state index in [0.717, 1.165) is 0 Å². The predicted octanol–water partition coefficient (Wildman–Crippen LogP) is 0.461. The third-order valence-electron chi connectivity index (χ3n) is 1.97. The highest BCUT2D eigenvalue weighted by Crippen LogP contribution is 2.06. The van der Waals surface area contributed by atoms with Crippen LogP contribution in [0.2, 0.25) is 0 Å². The summed E-state index contributed by atoms with van der Waals surface area (Å²) in [6, 6.07) is -0.679. The number of esters is 1. The zero-order valence-corrected chi connectivity index (χ0v) is 10.3. The maximum atomic E-state index is 11.5. The first-order chi connectivity index (χ1) is 7.38. The molecule has 0 unspecified atom stereocenters. The van der Waals surface area contributed by atoms with Crippen LogP contribution in [0, 0.1) is 5.92 Å². The molecular formula is C11H21NO4. The molecule has 0 aliphatic heterocycles. The molecule has 94 valence electrons. The molecule has 0 aliphatic rings. The van der Waals surface area contributed by atoms with Crippen LogP contribution in [0.4, 0.5) is 0 Å². The maximum Gasteiger partial charge on any atom is 0.328 e. The van der Waals surface area contributed by atoms with Crippen LogP contribution in [0.3, 0.4) is 0 Å². The van der Waals surface area contributed by atoms with Gasteiger partial charge in [-0.15, -0.1) is 0 Å². The Hall–Kier alpha value is -1.10. The summed E-state index contributed by atoms with van der Waals surface area (Å²) >= 11 is 0. The fraction of sp³-hybridized carbons (Fsp3) is 0.818. The third kappa shape index (κ3) is 5.70. The number of aliphatic hydroxyl groups excluding tert-OH is 1. The van der Waals surface area contributed by atoms with Crippen LogP contribution in [-0.2, 0) is 14.3 Å². The van der Waals surface area contributed by atoms with E-state index in [4.69, 9.17) is 9.84 Å². The summed E-state index contributed by atoms with van der Waals surface area (Å²) in [6.45, 7) is 7.23. The van der Waals surface area contributed by atoms with E-state index in [2.05, 4.69) is 5.32 Å². The molecule has 0 saturated heterocycles. The van der Waals surface area contributed by atoms with Crippen LogP contribution in [0.15, 0.2) is 0 Å². The van der Waals surface area contributed by atoms with Crippen molar-refractivity contribution in [3.63, 3.8) is 0 Å². The summed E-state index contributed by atoms with van der Waals surface area (Å²) in [5.74, 6) is -0.757. The lowest BCUT2D eigenvalue weighted by Gasteiger charge is -2.19. The quantitative estimate of drug-likeness (QED) is 0.651.